The normalized spacial score (nSPS) is 16.4. The van der Waals surface area contributed by atoms with Crippen LogP contribution in [0.3, 0.4) is 0 Å². The summed E-state index contributed by atoms with van der Waals surface area (Å²) in [5.41, 5.74) is 3.49. The molecule has 2 aliphatic rings. The smallest absolute Gasteiger partial charge is 0.224 e. The third-order valence-electron chi connectivity index (χ3n) is 6.30. The van der Waals surface area contributed by atoms with E-state index in [2.05, 4.69) is 50.8 Å². The highest BCUT2D eigenvalue weighted by Crippen LogP contribution is 2.31. The van der Waals surface area contributed by atoms with Crippen LogP contribution in [0.2, 0.25) is 0 Å². The number of carbonyl (C=O) groups excluding carboxylic acids is 1. The summed E-state index contributed by atoms with van der Waals surface area (Å²) >= 11 is 1.82. The van der Waals surface area contributed by atoms with E-state index in [1.807, 2.05) is 23.5 Å². The topological polar surface area (TPSA) is 44.8 Å². The van der Waals surface area contributed by atoms with Crippen LogP contribution in [0.4, 0.5) is 11.4 Å². The molecule has 5 rings (SSSR count). The predicted octanol–water partition coefficient (Wildman–Crippen LogP) is 5.19. The van der Waals surface area contributed by atoms with Crippen molar-refractivity contribution in [2.75, 3.05) is 49.5 Å². The lowest BCUT2D eigenvalue weighted by Crippen LogP contribution is -2.46. The summed E-state index contributed by atoms with van der Waals surface area (Å²) in [5.74, 6) is 0.939. The molecule has 3 heterocycles. The van der Waals surface area contributed by atoms with Crippen LogP contribution in [0, 0.1) is 0 Å². The number of thiophene rings is 1. The molecule has 1 aromatic heterocycles. The Kier molecular flexibility index (Phi) is 7.55. The Bertz CT molecular complexity index is 1060. The molecule has 0 radical (unpaired) electrons. The highest BCUT2D eigenvalue weighted by atomic mass is 35.5. The van der Waals surface area contributed by atoms with Gasteiger partial charge in [0.05, 0.1) is 6.61 Å². The molecule has 1 fully saturated rings. The second-order valence-corrected chi connectivity index (χ2v) is 9.31. The van der Waals surface area contributed by atoms with Crippen molar-refractivity contribution >= 4 is 51.1 Å². The van der Waals surface area contributed by atoms with Gasteiger partial charge in [-0.05, 0) is 61.0 Å². The molecule has 32 heavy (non-hydrogen) atoms. The first kappa shape index (κ1) is 22.9. The summed E-state index contributed by atoms with van der Waals surface area (Å²) in [6.45, 7) is 6.25. The van der Waals surface area contributed by atoms with Gasteiger partial charge in [0.15, 0.2) is 0 Å². The molecular formula is C25H30ClN3O2S. The second kappa shape index (κ2) is 10.6. The number of anilines is 2. The van der Waals surface area contributed by atoms with Crippen molar-refractivity contribution < 1.29 is 9.53 Å². The maximum Gasteiger partial charge on any atom is 0.224 e. The molecule has 1 N–H and O–H groups in total. The third-order valence-corrected chi connectivity index (χ3v) is 7.18. The maximum absolute atomic E-state index is 11.6. The van der Waals surface area contributed by atoms with Crippen molar-refractivity contribution in [2.24, 2.45) is 0 Å². The molecule has 0 spiro atoms. The van der Waals surface area contributed by atoms with Gasteiger partial charge < -0.3 is 15.0 Å². The highest BCUT2D eigenvalue weighted by Gasteiger charge is 2.19. The number of carbonyl (C=O) groups is 1. The van der Waals surface area contributed by atoms with E-state index < -0.39 is 0 Å². The molecule has 0 aliphatic carbocycles. The minimum Gasteiger partial charge on any atom is -0.494 e. The number of rotatable bonds is 7. The van der Waals surface area contributed by atoms with Gasteiger partial charge in [0, 0.05) is 60.1 Å². The molecule has 0 bridgehead atoms. The van der Waals surface area contributed by atoms with E-state index in [0.717, 1.165) is 63.4 Å². The Morgan fingerprint density at radius 3 is 2.75 bits per heavy atom. The largest absolute Gasteiger partial charge is 0.494 e. The zero-order valence-corrected chi connectivity index (χ0v) is 19.9. The Morgan fingerprint density at radius 1 is 1.00 bits per heavy atom. The number of hydrogen-bond acceptors (Lipinski definition) is 5. The SMILES string of the molecule is Cl.O=C1CCc2ccc(OCCCCN3CCN(c4cccc5sccc45)CC3)cc2N1. The number of benzene rings is 2. The number of nitrogens with one attached hydrogen (secondary N) is 1. The maximum atomic E-state index is 11.6. The van der Waals surface area contributed by atoms with Gasteiger partial charge in [0.25, 0.3) is 0 Å². The van der Waals surface area contributed by atoms with Gasteiger partial charge in [-0.2, -0.15) is 0 Å². The average Bonchev–Trinajstić information content (AvgIpc) is 3.28. The van der Waals surface area contributed by atoms with Gasteiger partial charge in [-0.25, -0.2) is 0 Å². The number of aryl methyl sites for hydroxylation is 1. The lowest BCUT2D eigenvalue weighted by Gasteiger charge is -2.36. The van der Waals surface area contributed by atoms with Crippen LogP contribution in [0.5, 0.6) is 5.75 Å². The summed E-state index contributed by atoms with van der Waals surface area (Å²) < 4.78 is 7.30. The summed E-state index contributed by atoms with van der Waals surface area (Å²) in [6, 6.07) is 14.9. The van der Waals surface area contributed by atoms with Crippen molar-refractivity contribution in [3.8, 4) is 5.75 Å². The molecule has 0 unspecified atom stereocenters. The van der Waals surface area contributed by atoms with Crippen LogP contribution in [0.1, 0.15) is 24.8 Å². The van der Waals surface area contributed by atoms with Crippen LogP contribution in [-0.2, 0) is 11.2 Å². The first-order valence-electron chi connectivity index (χ1n) is 11.3. The zero-order chi connectivity index (χ0) is 21.0. The minimum absolute atomic E-state index is 0. The number of fused-ring (bicyclic) bond motifs is 2. The lowest BCUT2D eigenvalue weighted by molar-refractivity contribution is -0.116. The van der Waals surface area contributed by atoms with Crippen LogP contribution in [0.15, 0.2) is 47.8 Å². The lowest BCUT2D eigenvalue weighted by atomic mass is 10.0. The number of ether oxygens (including phenoxy) is 1. The van der Waals surface area contributed by atoms with E-state index >= 15 is 0 Å². The van der Waals surface area contributed by atoms with E-state index in [9.17, 15) is 4.79 Å². The van der Waals surface area contributed by atoms with Gasteiger partial charge in [-0.15, -0.1) is 23.7 Å². The Balaban J connectivity index is 0.00000245. The van der Waals surface area contributed by atoms with Crippen molar-refractivity contribution in [1.82, 2.24) is 4.90 Å². The molecule has 3 aromatic rings. The minimum atomic E-state index is 0. The second-order valence-electron chi connectivity index (χ2n) is 8.36. The Morgan fingerprint density at radius 2 is 1.88 bits per heavy atom. The summed E-state index contributed by atoms with van der Waals surface area (Å²) in [7, 11) is 0. The van der Waals surface area contributed by atoms with E-state index in [4.69, 9.17) is 4.74 Å². The van der Waals surface area contributed by atoms with Gasteiger partial charge in [-0.3, -0.25) is 9.69 Å². The standard InChI is InChI=1S/C25H29N3O2S.ClH/c29-25-9-7-19-6-8-20(18-22(19)26-25)30-16-2-1-11-27-12-14-28(15-13-27)23-4-3-5-24-21(23)10-17-31-24;/h3-6,8,10,17-18H,1-2,7,9,11-16H2,(H,26,29);1H. The molecule has 7 heteroatoms. The van der Waals surface area contributed by atoms with Gasteiger partial charge >= 0.3 is 0 Å². The molecule has 5 nitrogen and oxygen atoms in total. The van der Waals surface area contributed by atoms with Gasteiger partial charge in [0.2, 0.25) is 5.91 Å². The van der Waals surface area contributed by atoms with Gasteiger partial charge in [0.1, 0.15) is 5.75 Å². The fourth-order valence-corrected chi connectivity index (χ4v) is 5.34. The highest BCUT2D eigenvalue weighted by molar-refractivity contribution is 7.17. The quantitative estimate of drug-likeness (QED) is 0.482. The summed E-state index contributed by atoms with van der Waals surface area (Å²) in [6.07, 6.45) is 3.57. The molecule has 1 amide bonds. The fourth-order valence-electron chi connectivity index (χ4n) is 4.53. The number of amides is 1. The van der Waals surface area contributed by atoms with Gasteiger partial charge in [-0.1, -0.05) is 12.1 Å². The number of nitrogens with zero attached hydrogens (tertiary/aromatic N) is 2. The Hall–Kier alpha value is -2.28. The van der Waals surface area contributed by atoms with E-state index in [-0.39, 0.29) is 18.3 Å². The van der Waals surface area contributed by atoms with Crippen LogP contribution in [0.25, 0.3) is 10.1 Å². The molecule has 2 aliphatic heterocycles. The van der Waals surface area contributed by atoms with E-state index in [1.165, 1.54) is 21.3 Å². The van der Waals surface area contributed by atoms with Crippen molar-refractivity contribution in [3.63, 3.8) is 0 Å². The zero-order valence-electron chi connectivity index (χ0n) is 18.2. The predicted molar refractivity (Wildman–Crippen MR) is 136 cm³/mol. The Labute approximate surface area is 199 Å². The number of piperazine rings is 1. The molecule has 0 atom stereocenters. The molecule has 1 saturated heterocycles. The van der Waals surface area contributed by atoms with Crippen molar-refractivity contribution in [3.05, 3.63) is 53.4 Å². The first-order valence-corrected chi connectivity index (χ1v) is 12.1. The van der Waals surface area contributed by atoms with Crippen LogP contribution in [-0.4, -0.2) is 50.1 Å². The first-order chi connectivity index (χ1) is 15.3. The van der Waals surface area contributed by atoms with Crippen molar-refractivity contribution in [2.45, 2.75) is 25.7 Å². The third kappa shape index (κ3) is 5.20. The monoisotopic (exact) mass is 471 g/mol. The van der Waals surface area contributed by atoms with Crippen LogP contribution < -0.4 is 15.0 Å². The van der Waals surface area contributed by atoms with Crippen molar-refractivity contribution in [1.29, 1.82) is 0 Å². The number of hydrogen-bond donors (Lipinski definition) is 1. The fraction of sp³-hybridized carbons (Fsp3) is 0.400. The molecule has 0 saturated carbocycles. The number of unbranched alkanes of at least 4 members (excludes halogenated alkanes) is 1. The summed E-state index contributed by atoms with van der Waals surface area (Å²) in [5, 5.41) is 6.52. The molecule has 170 valence electrons. The molecular weight excluding hydrogens is 442 g/mol. The van der Waals surface area contributed by atoms with E-state index in [0.29, 0.717) is 13.0 Å². The summed E-state index contributed by atoms with van der Waals surface area (Å²) in [4.78, 5) is 16.7. The van der Waals surface area contributed by atoms with Crippen LogP contribution >= 0.6 is 23.7 Å². The number of halogens is 1. The van der Waals surface area contributed by atoms with E-state index in [1.54, 1.807) is 0 Å². The molecule has 2 aromatic carbocycles. The average molecular weight is 472 g/mol.